The van der Waals surface area contributed by atoms with E-state index in [9.17, 15) is 10.1 Å². The summed E-state index contributed by atoms with van der Waals surface area (Å²) in [6, 6.07) is 19.4. The Morgan fingerprint density at radius 1 is 1.13 bits per heavy atom. The summed E-state index contributed by atoms with van der Waals surface area (Å²) in [6.07, 6.45) is 3.37. The highest BCUT2D eigenvalue weighted by molar-refractivity contribution is 5.97. The Kier molecular flexibility index (Phi) is 6.86. The van der Waals surface area contributed by atoms with Crippen molar-refractivity contribution >= 4 is 16.5 Å². The van der Waals surface area contributed by atoms with E-state index < -0.39 is 0 Å². The van der Waals surface area contributed by atoms with Crippen molar-refractivity contribution in [2.75, 3.05) is 0 Å². The van der Waals surface area contributed by atoms with Crippen molar-refractivity contribution in [3.05, 3.63) is 118 Å². The number of aromatic nitrogens is 4. The van der Waals surface area contributed by atoms with Crippen LogP contribution in [0.15, 0.2) is 78.4 Å². The molecule has 4 heterocycles. The number of benzene rings is 1. The van der Waals surface area contributed by atoms with Crippen molar-refractivity contribution in [2.45, 2.75) is 33.9 Å². The summed E-state index contributed by atoms with van der Waals surface area (Å²) < 4.78 is 10.1. The first-order valence-electron chi connectivity index (χ1n) is 12.7. The maximum absolute atomic E-state index is 12.7. The van der Waals surface area contributed by atoms with Crippen LogP contribution in [-0.4, -0.2) is 19.1 Å². The third-order valence-corrected chi connectivity index (χ3v) is 7.02. The van der Waals surface area contributed by atoms with Crippen LogP contribution in [0.2, 0.25) is 0 Å². The third kappa shape index (κ3) is 4.85. The summed E-state index contributed by atoms with van der Waals surface area (Å²) >= 11 is 0. The number of rotatable bonds is 7. The Bertz CT molecular complexity index is 1840. The molecule has 1 aromatic carbocycles. The van der Waals surface area contributed by atoms with Gasteiger partial charge in [0, 0.05) is 53.0 Å². The summed E-state index contributed by atoms with van der Waals surface area (Å²) in [5.74, 6) is 0.662. The number of allylic oxidation sites excluding steroid dienone is 1. The lowest BCUT2D eigenvalue weighted by Crippen LogP contribution is -2.23. The van der Waals surface area contributed by atoms with Crippen molar-refractivity contribution in [3.63, 3.8) is 0 Å². The molecule has 0 spiro atoms. The number of fused-ring (bicyclic) bond motifs is 1. The minimum absolute atomic E-state index is 0.0905. The molecule has 0 aliphatic heterocycles. The Labute approximate surface area is 227 Å². The van der Waals surface area contributed by atoms with E-state index in [1.807, 2.05) is 38.1 Å². The molecule has 0 aliphatic carbocycles. The van der Waals surface area contributed by atoms with Gasteiger partial charge in [0.05, 0.1) is 12.2 Å². The van der Waals surface area contributed by atoms with Gasteiger partial charge in [-0.1, -0.05) is 24.3 Å². The zero-order valence-electron chi connectivity index (χ0n) is 22.5. The standard InChI is InChI=1S/C32H29N5O2/c1-20(2)24-13-14-34-28(18-37-15-7-8-23(17-33)32(37)38)27(24)19-39-30-10-6-9-25-26(16-21(3)35-31(25)30)29-12-11-22(4)36(29)5/h6-16H,1,18-19H2,2-5H3. The first kappa shape index (κ1) is 25.7. The van der Waals surface area contributed by atoms with Gasteiger partial charge in [-0.3, -0.25) is 9.78 Å². The molecule has 5 rings (SSSR count). The van der Waals surface area contributed by atoms with Gasteiger partial charge in [-0.25, -0.2) is 4.98 Å². The van der Waals surface area contributed by atoms with Crippen LogP contribution in [0.5, 0.6) is 5.75 Å². The summed E-state index contributed by atoms with van der Waals surface area (Å²) in [5, 5.41) is 10.3. The van der Waals surface area contributed by atoms with Crippen molar-refractivity contribution in [1.29, 1.82) is 5.26 Å². The molecule has 7 heteroatoms. The first-order valence-corrected chi connectivity index (χ1v) is 12.7. The number of hydrogen-bond donors (Lipinski definition) is 0. The van der Waals surface area contributed by atoms with Gasteiger partial charge < -0.3 is 13.9 Å². The lowest BCUT2D eigenvalue weighted by atomic mass is 10.0. The van der Waals surface area contributed by atoms with Crippen LogP contribution in [-0.2, 0) is 20.2 Å². The minimum Gasteiger partial charge on any atom is -0.487 e. The molecule has 0 saturated carbocycles. The molecular formula is C32H29N5O2. The topological polar surface area (TPSA) is 85.7 Å². The van der Waals surface area contributed by atoms with E-state index in [1.54, 1.807) is 18.5 Å². The molecule has 7 nitrogen and oxygen atoms in total. The van der Waals surface area contributed by atoms with Gasteiger partial charge in [-0.2, -0.15) is 5.26 Å². The Morgan fingerprint density at radius 3 is 2.67 bits per heavy atom. The highest BCUT2D eigenvalue weighted by Crippen LogP contribution is 2.34. The SMILES string of the molecule is C=C(C)c1ccnc(Cn2cccc(C#N)c2=O)c1COc1cccc2c(-c3ccc(C)n3C)cc(C)nc12. The third-order valence-electron chi connectivity index (χ3n) is 7.02. The largest absolute Gasteiger partial charge is 0.487 e. The zero-order valence-corrected chi connectivity index (χ0v) is 22.5. The number of hydrogen-bond acceptors (Lipinski definition) is 5. The Morgan fingerprint density at radius 2 is 1.95 bits per heavy atom. The van der Waals surface area contributed by atoms with E-state index in [1.165, 1.54) is 16.3 Å². The summed E-state index contributed by atoms with van der Waals surface area (Å²) in [7, 11) is 2.06. The maximum atomic E-state index is 12.7. The van der Waals surface area contributed by atoms with E-state index in [-0.39, 0.29) is 24.3 Å². The van der Waals surface area contributed by atoms with Gasteiger partial charge in [0.1, 0.15) is 29.5 Å². The van der Waals surface area contributed by atoms with Crippen LogP contribution in [0.25, 0.3) is 27.7 Å². The van der Waals surface area contributed by atoms with E-state index in [0.717, 1.165) is 44.6 Å². The van der Waals surface area contributed by atoms with Gasteiger partial charge in [0.25, 0.3) is 5.56 Å². The normalized spacial score (nSPS) is 10.9. The van der Waals surface area contributed by atoms with E-state index >= 15 is 0 Å². The Balaban J connectivity index is 1.56. The minimum atomic E-state index is -0.355. The van der Waals surface area contributed by atoms with Crippen molar-refractivity contribution in [1.82, 2.24) is 19.1 Å². The fraction of sp³-hybridized carbons (Fsp3) is 0.188. The van der Waals surface area contributed by atoms with Gasteiger partial charge in [0.15, 0.2) is 0 Å². The molecule has 0 amide bonds. The summed E-state index contributed by atoms with van der Waals surface area (Å²) in [4.78, 5) is 22.2. The van der Waals surface area contributed by atoms with Crippen molar-refractivity contribution in [3.8, 4) is 23.1 Å². The number of aryl methyl sites for hydroxylation is 2. The molecule has 0 unspecified atom stereocenters. The maximum Gasteiger partial charge on any atom is 0.268 e. The molecule has 39 heavy (non-hydrogen) atoms. The van der Waals surface area contributed by atoms with Crippen LogP contribution in [0.4, 0.5) is 0 Å². The summed E-state index contributed by atoms with van der Waals surface area (Å²) in [5.41, 5.74) is 8.09. The zero-order chi connectivity index (χ0) is 27.7. The Hall–Kier alpha value is -4.96. The quantitative estimate of drug-likeness (QED) is 0.268. The van der Waals surface area contributed by atoms with E-state index in [2.05, 4.69) is 54.4 Å². The smallest absolute Gasteiger partial charge is 0.268 e. The van der Waals surface area contributed by atoms with Crippen LogP contribution >= 0.6 is 0 Å². The highest BCUT2D eigenvalue weighted by Gasteiger charge is 2.17. The van der Waals surface area contributed by atoms with Crippen LogP contribution in [0.3, 0.4) is 0 Å². The lowest BCUT2D eigenvalue weighted by molar-refractivity contribution is 0.306. The molecule has 5 aromatic rings. The first-order chi connectivity index (χ1) is 18.8. The fourth-order valence-electron chi connectivity index (χ4n) is 4.85. The lowest BCUT2D eigenvalue weighted by Gasteiger charge is -2.17. The molecular weight excluding hydrogens is 486 g/mol. The van der Waals surface area contributed by atoms with Gasteiger partial charge in [0.2, 0.25) is 0 Å². The predicted octanol–water partition coefficient (Wildman–Crippen LogP) is 5.95. The number of para-hydroxylation sites is 1. The molecule has 0 aliphatic rings. The summed E-state index contributed by atoms with van der Waals surface area (Å²) in [6.45, 7) is 10.6. The van der Waals surface area contributed by atoms with Crippen LogP contribution < -0.4 is 10.3 Å². The second kappa shape index (κ2) is 10.4. The number of pyridine rings is 3. The monoisotopic (exact) mass is 515 g/mol. The number of ether oxygens (including phenoxy) is 1. The number of nitrogens with zero attached hydrogens (tertiary/aromatic N) is 5. The van der Waals surface area contributed by atoms with Gasteiger partial charge >= 0.3 is 0 Å². The molecule has 0 bridgehead atoms. The van der Waals surface area contributed by atoms with Crippen LogP contribution in [0.1, 0.15) is 40.7 Å². The molecule has 0 radical (unpaired) electrons. The molecule has 0 N–H and O–H groups in total. The molecule has 0 saturated heterocycles. The molecule has 0 fully saturated rings. The highest BCUT2D eigenvalue weighted by atomic mass is 16.5. The van der Waals surface area contributed by atoms with Gasteiger partial charge in [-0.05, 0) is 68.8 Å². The van der Waals surface area contributed by atoms with E-state index in [0.29, 0.717) is 11.4 Å². The second-order valence-electron chi connectivity index (χ2n) is 9.70. The predicted molar refractivity (Wildman–Crippen MR) is 153 cm³/mol. The molecule has 0 atom stereocenters. The molecule has 194 valence electrons. The fourth-order valence-corrected chi connectivity index (χ4v) is 4.85. The number of nitriles is 1. The van der Waals surface area contributed by atoms with Gasteiger partial charge in [-0.15, -0.1) is 0 Å². The average molecular weight is 516 g/mol. The van der Waals surface area contributed by atoms with Crippen molar-refractivity contribution < 1.29 is 4.74 Å². The van der Waals surface area contributed by atoms with Crippen molar-refractivity contribution in [2.24, 2.45) is 7.05 Å². The second-order valence-corrected chi connectivity index (χ2v) is 9.70. The molecule has 4 aromatic heterocycles. The van der Waals surface area contributed by atoms with Crippen LogP contribution in [0, 0.1) is 25.2 Å². The average Bonchev–Trinajstić information content (AvgIpc) is 3.26. The van der Waals surface area contributed by atoms with E-state index in [4.69, 9.17) is 9.72 Å².